The normalized spacial score (nSPS) is 17.9. The number of hydrogen-bond donors (Lipinski definition) is 1. The Balaban J connectivity index is 1.43. The number of morpholine rings is 1. The summed E-state index contributed by atoms with van der Waals surface area (Å²) in [6.45, 7) is 6.83. The summed E-state index contributed by atoms with van der Waals surface area (Å²) in [4.78, 5) is 30.7. The van der Waals surface area contributed by atoms with Crippen molar-refractivity contribution in [2.45, 2.75) is 26.0 Å². The van der Waals surface area contributed by atoms with Crippen LogP contribution in [-0.4, -0.2) is 72.6 Å². The van der Waals surface area contributed by atoms with Crippen LogP contribution in [0.4, 0.5) is 0 Å². The summed E-state index contributed by atoms with van der Waals surface area (Å²) in [5.74, 6) is -0.566. The molecule has 2 aromatic carbocycles. The number of furan rings is 1. The highest BCUT2D eigenvalue weighted by atomic mass is 16.5. The van der Waals surface area contributed by atoms with E-state index in [0.29, 0.717) is 56.5 Å². The van der Waals surface area contributed by atoms with Crippen LogP contribution in [0.1, 0.15) is 41.1 Å². The molecule has 0 saturated carbocycles. The number of nitrogens with zero attached hydrogens (tertiary/aromatic N) is 2. The molecular formula is C31H34N2O7. The third kappa shape index (κ3) is 6.05. The SMILES string of the molecule is CCOc1cc(C2C(C(=O)c3ccco3)=C(O)C(=O)N2CCCN2CCOCC2)ccc1OCc1ccccc1. The van der Waals surface area contributed by atoms with Crippen molar-refractivity contribution >= 4 is 11.7 Å². The minimum absolute atomic E-state index is 0.00766. The molecule has 1 saturated heterocycles. The molecular weight excluding hydrogens is 512 g/mol. The highest BCUT2D eigenvalue weighted by Gasteiger charge is 2.44. The Morgan fingerprint density at radius 3 is 2.52 bits per heavy atom. The zero-order chi connectivity index (χ0) is 27.9. The molecule has 5 rings (SSSR count). The first kappa shape index (κ1) is 27.5. The van der Waals surface area contributed by atoms with E-state index in [1.54, 1.807) is 23.1 Å². The first-order chi connectivity index (χ1) is 19.6. The molecule has 210 valence electrons. The summed E-state index contributed by atoms with van der Waals surface area (Å²) >= 11 is 0. The zero-order valence-corrected chi connectivity index (χ0v) is 22.6. The fourth-order valence-corrected chi connectivity index (χ4v) is 5.11. The fourth-order valence-electron chi connectivity index (χ4n) is 5.11. The molecule has 1 amide bonds. The van der Waals surface area contributed by atoms with Crippen molar-refractivity contribution < 1.29 is 33.3 Å². The number of aliphatic hydroxyl groups is 1. The van der Waals surface area contributed by atoms with Gasteiger partial charge in [0.1, 0.15) is 6.61 Å². The largest absolute Gasteiger partial charge is 0.503 e. The van der Waals surface area contributed by atoms with Crippen molar-refractivity contribution in [2.24, 2.45) is 0 Å². The van der Waals surface area contributed by atoms with Crippen LogP contribution in [0.3, 0.4) is 0 Å². The standard InChI is InChI=1S/C31H34N2O7/c1-2-38-26-20-23(11-12-24(26)40-21-22-8-4-3-5-9-22)28-27(29(34)25-10-6-17-39-25)30(35)31(36)33(28)14-7-13-32-15-18-37-19-16-32/h3-6,8-12,17,20,28,35H,2,7,13-16,18-19,21H2,1H3. The molecule has 0 aliphatic carbocycles. The summed E-state index contributed by atoms with van der Waals surface area (Å²) in [7, 11) is 0. The van der Waals surface area contributed by atoms with E-state index in [4.69, 9.17) is 18.6 Å². The number of carbonyl (C=O) groups is 2. The topological polar surface area (TPSA) is 102 Å². The Bertz CT molecular complexity index is 1330. The number of rotatable bonds is 12. The quantitative estimate of drug-likeness (QED) is 0.330. The number of hydrogen-bond acceptors (Lipinski definition) is 8. The van der Waals surface area contributed by atoms with Gasteiger partial charge in [0.2, 0.25) is 5.78 Å². The molecule has 0 spiro atoms. The first-order valence-corrected chi connectivity index (χ1v) is 13.6. The second-order valence-corrected chi connectivity index (χ2v) is 9.69. The average molecular weight is 547 g/mol. The lowest BCUT2D eigenvalue weighted by Gasteiger charge is -2.30. The van der Waals surface area contributed by atoms with Crippen LogP contribution in [-0.2, 0) is 16.1 Å². The molecule has 9 nitrogen and oxygen atoms in total. The molecule has 40 heavy (non-hydrogen) atoms. The molecule has 0 bridgehead atoms. The van der Waals surface area contributed by atoms with Crippen LogP contribution in [0, 0.1) is 0 Å². The van der Waals surface area contributed by atoms with Crippen molar-refractivity contribution in [1.29, 1.82) is 0 Å². The number of ketones is 1. The van der Waals surface area contributed by atoms with Gasteiger partial charge in [-0.3, -0.25) is 14.5 Å². The number of ether oxygens (including phenoxy) is 3. The maximum absolute atomic E-state index is 13.5. The maximum Gasteiger partial charge on any atom is 0.290 e. The maximum atomic E-state index is 13.5. The molecule has 3 aromatic rings. The van der Waals surface area contributed by atoms with Gasteiger partial charge < -0.3 is 28.6 Å². The van der Waals surface area contributed by atoms with Gasteiger partial charge in [-0.25, -0.2) is 0 Å². The number of Topliss-reactive ketones (excluding diaryl/α,β-unsaturated/α-hetero) is 1. The molecule has 2 aliphatic heterocycles. The Hall–Kier alpha value is -4.08. The molecule has 2 aliphatic rings. The van der Waals surface area contributed by atoms with E-state index in [1.807, 2.05) is 43.3 Å². The van der Waals surface area contributed by atoms with Gasteiger partial charge in [0.25, 0.3) is 5.91 Å². The summed E-state index contributed by atoms with van der Waals surface area (Å²) < 4.78 is 22.7. The lowest BCUT2D eigenvalue weighted by atomic mass is 9.94. The molecule has 0 radical (unpaired) electrons. The van der Waals surface area contributed by atoms with E-state index >= 15 is 0 Å². The predicted octanol–water partition coefficient (Wildman–Crippen LogP) is 4.56. The van der Waals surface area contributed by atoms with Crippen molar-refractivity contribution in [1.82, 2.24) is 9.80 Å². The predicted molar refractivity (Wildman–Crippen MR) is 147 cm³/mol. The average Bonchev–Trinajstić information content (AvgIpc) is 3.61. The Morgan fingerprint density at radius 2 is 1.80 bits per heavy atom. The summed E-state index contributed by atoms with van der Waals surface area (Å²) in [6.07, 6.45) is 2.07. The minimum atomic E-state index is -0.808. The Labute approximate surface area is 233 Å². The lowest BCUT2D eigenvalue weighted by molar-refractivity contribution is -0.129. The second kappa shape index (κ2) is 12.8. The van der Waals surface area contributed by atoms with E-state index in [-0.39, 0.29) is 11.3 Å². The van der Waals surface area contributed by atoms with Gasteiger partial charge in [-0.2, -0.15) is 0 Å². The third-order valence-electron chi connectivity index (χ3n) is 7.09. The molecule has 1 atom stereocenters. The minimum Gasteiger partial charge on any atom is -0.503 e. The summed E-state index contributed by atoms with van der Waals surface area (Å²) in [5.41, 5.74) is 1.64. The van der Waals surface area contributed by atoms with E-state index in [0.717, 1.165) is 25.2 Å². The van der Waals surface area contributed by atoms with Crippen LogP contribution in [0.25, 0.3) is 0 Å². The van der Waals surface area contributed by atoms with Crippen LogP contribution >= 0.6 is 0 Å². The van der Waals surface area contributed by atoms with Crippen molar-refractivity contribution in [3.63, 3.8) is 0 Å². The molecule has 1 aromatic heterocycles. The number of amides is 1. The molecule has 1 unspecified atom stereocenters. The van der Waals surface area contributed by atoms with Crippen molar-refractivity contribution in [3.8, 4) is 11.5 Å². The molecule has 9 heteroatoms. The van der Waals surface area contributed by atoms with E-state index < -0.39 is 23.5 Å². The lowest BCUT2D eigenvalue weighted by Crippen LogP contribution is -2.39. The van der Waals surface area contributed by atoms with Crippen molar-refractivity contribution in [3.05, 3.63) is 95.1 Å². The van der Waals surface area contributed by atoms with Gasteiger partial charge in [0.05, 0.1) is 37.7 Å². The smallest absolute Gasteiger partial charge is 0.290 e. The van der Waals surface area contributed by atoms with E-state index in [9.17, 15) is 14.7 Å². The summed E-state index contributed by atoms with van der Waals surface area (Å²) in [5, 5.41) is 11.0. The monoisotopic (exact) mass is 546 g/mol. The highest BCUT2D eigenvalue weighted by molar-refractivity contribution is 6.15. The summed E-state index contributed by atoms with van der Waals surface area (Å²) in [6, 6.07) is 17.5. The highest BCUT2D eigenvalue weighted by Crippen LogP contribution is 2.42. The van der Waals surface area contributed by atoms with Gasteiger partial charge in [0, 0.05) is 26.2 Å². The van der Waals surface area contributed by atoms with Gasteiger partial charge >= 0.3 is 0 Å². The Kier molecular flexibility index (Phi) is 8.83. The Morgan fingerprint density at radius 1 is 1.00 bits per heavy atom. The second-order valence-electron chi connectivity index (χ2n) is 9.69. The van der Waals surface area contributed by atoms with E-state index in [1.165, 1.54) is 12.3 Å². The molecule has 3 heterocycles. The molecule has 1 fully saturated rings. The van der Waals surface area contributed by atoms with E-state index in [2.05, 4.69) is 4.90 Å². The van der Waals surface area contributed by atoms with Crippen molar-refractivity contribution in [2.75, 3.05) is 46.0 Å². The van der Waals surface area contributed by atoms with Crippen LogP contribution in [0.5, 0.6) is 11.5 Å². The van der Waals surface area contributed by atoms with Crippen LogP contribution in [0.15, 0.2) is 82.7 Å². The molecule has 1 N–H and O–H groups in total. The first-order valence-electron chi connectivity index (χ1n) is 13.6. The van der Waals surface area contributed by atoms with Gasteiger partial charge in [-0.15, -0.1) is 0 Å². The number of carbonyl (C=O) groups excluding carboxylic acids is 2. The van der Waals surface area contributed by atoms with Gasteiger partial charge in [0.15, 0.2) is 23.0 Å². The van der Waals surface area contributed by atoms with Gasteiger partial charge in [-0.1, -0.05) is 36.4 Å². The zero-order valence-electron chi connectivity index (χ0n) is 22.6. The van der Waals surface area contributed by atoms with Crippen LogP contribution < -0.4 is 9.47 Å². The fraction of sp³-hybridized carbons (Fsp3) is 0.355. The van der Waals surface area contributed by atoms with Gasteiger partial charge in [-0.05, 0) is 48.7 Å². The number of aliphatic hydroxyl groups excluding tert-OH is 1. The van der Waals surface area contributed by atoms with Crippen LogP contribution in [0.2, 0.25) is 0 Å². The number of benzene rings is 2. The third-order valence-corrected chi connectivity index (χ3v) is 7.09.